The van der Waals surface area contributed by atoms with Crippen LogP contribution in [0.4, 0.5) is 28.8 Å². The normalized spacial score (nSPS) is 13.7. The molecule has 5 rings (SSSR count). The molecule has 152 valence electrons. The minimum Gasteiger partial charge on any atom is -0.337 e. The molecule has 0 aliphatic carbocycles. The summed E-state index contributed by atoms with van der Waals surface area (Å²) in [6.45, 7) is 1.05. The fourth-order valence-electron chi connectivity index (χ4n) is 3.43. The number of halogens is 1. The summed E-state index contributed by atoms with van der Waals surface area (Å²) in [5.41, 5.74) is 4.15. The van der Waals surface area contributed by atoms with Crippen molar-refractivity contribution in [2.24, 2.45) is 7.05 Å². The van der Waals surface area contributed by atoms with Crippen LogP contribution in [0, 0.1) is 0 Å². The SMILES string of the molecule is Cn1ncc2ccc(Nc3ncc(Br)c(Nc4ccccc4N4CCCS4)n3)cc21. The highest BCUT2D eigenvalue weighted by molar-refractivity contribution is 9.10. The predicted octanol–water partition coefficient (Wildman–Crippen LogP) is 5.47. The molecule has 2 N–H and O–H groups in total. The average Bonchev–Trinajstić information content (AvgIpc) is 3.42. The van der Waals surface area contributed by atoms with Gasteiger partial charge >= 0.3 is 0 Å². The van der Waals surface area contributed by atoms with Crippen molar-refractivity contribution < 1.29 is 0 Å². The summed E-state index contributed by atoms with van der Waals surface area (Å²) in [4.78, 5) is 9.11. The third kappa shape index (κ3) is 3.82. The zero-order valence-corrected chi connectivity index (χ0v) is 18.7. The fourth-order valence-corrected chi connectivity index (χ4v) is 4.75. The molecule has 4 aromatic rings. The second kappa shape index (κ2) is 8.16. The Morgan fingerprint density at radius 2 is 2.00 bits per heavy atom. The van der Waals surface area contributed by atoms with Crippen LogP contribution >= 0.6 is 27.9 Å². The molecule has 2 aromatic carbocycles. The molecular weight excluding hydrogens is 462 g/mol. The van der Waals surface area contributed by atoms with Crippen LogP contribution in [-0.2, 0) is 7.05 Å². The first kappa shape index (κ1) is 19.2. The first-order valence-electron chi connectivity index (χ1n) is 9.65. The number of aryl methyl sites for hydroxylation is 1. The maximum Gasteiger partial charge on any atom is 0.229 e. The molecule has 0 radical (unpaired) electrons. The summed E-state index contributed by atoms with van der Waals surface area (Å²) in [6, 6.07) is 14.4. The molecule has 0 amide bonds. The van der Waals surface area contributed by atoms with Gasteiger partial charge in [0.1, 0.15) is 5.82 Å². The second-order valence-electron chi connectivity index (χ2n) is 6.99. The number of hydrogen-bond donors (Lipinski definition) is 2. The van der Waals surface area contributed by atoms with Crippen LogP contribution in [0.2, 0.25) is 0 Å². The molecule has 1 fully saturated rings. The molecule has 0 spiro atoms. The van der Waals surface area contributed by atoms with Crippen LogP contribution < -0.4 is 14.9 Å². The van der Waals surface area contributed by atoms with Crippen molar-refractivity contribution in [1.29, 1.82) is 0 Å². The summed E-state index contributed by atoms with van der Waals surface area (Å²) < 4.78 is 4.99. The van der Waals surface area contributed by atoms with Crippen LogP contribution in [0.5, 0.6) is 0 Å². The van der Waals surface area contributed by atoms with E-state index in [0.717, 1.165) is 39.0 Å². The summed E-state index contributed by atoms with van der Waals surface area (Å²) in [5.74, 6) is 2.39. The van der Waals surface area contributed by atoms with Gasteiger partial charge in [-0.2, -0.15) is 10.1 Å². The molecule has 7 nitrogen and oxygen atoms in total. The Morgan fingerprint density at radius 3 is 2.87 bits per heavy atom. The van der Waals surface area contributed by atoms with Gasteiger partial charge in [0.05, 0.1) is 27.6 Å². The lowest BCUT2D eigenvalue weighted by Gasteiger charge is -2.20. The second-order valence-corrected chi connectivity index (χ2v) is 8.95. The summed E-state index contributed by atoms with van der Waals surface area (Å²) >= 11 is 5.43. The van der Waals surface area contributed by atoms with Gasteiger partial charge in [0.2, 0.25) is 5.95 Å². The summed E-state index contributed by atoms with van der Waals surface area (Å²) in [5, 5.41) is 12.2. The van der Waals surface area contributed by atoms with E-state index < -0.39 is 0 Å². The van der Waals surface area contributed by atoms with E-state index in [0.29, 0.717) is 11.8 Å². The van der Waals surface area contributed by atoms with E-state index in [1.807, 2.05) is 54.1 Å². The van der Waals surface area contributed by atoms with Gasteiger partial charge in [0, 0.05) is 36.6 Å². The highest BCUT2D eigenvalue weighted by Crippen LogP contribution is 2.36. The molecule has 30 heavy (non-hydrogen) atoms. The van der Waals surface area contributed by atoms with E-state index in [1.165, 1.54) is 12.1 Å². The van der Waals surface area contributed by atoms with Crippen molar-refractivity contribution in [1.82, 2.24) is 19.7 Å². The average molecular weight is 482 g/mol. The zero-order chi connectivity index (χ0) is 20.5. The fraction of sp³-hybridized carbons (Fsp3) is 0.190. The monoisotopic (exact) mass is 481 g/mol. The van der Waals surface area contributed by atoms with E-state index in [1.54, 1.807) is 6.20 Å². The van der Waals surface area contributed by atoms with Crippen molar-refractivity contribution in [2.45, 2.75) is 6.42 Å². The Labute approximate surface area is 187 Å². The molecule has 1 aliphatic heterocycles. The number of anilines is 5. The van der Waals surface area contributed by atoms with Gasteiger partial charge < -0.3 is 14.9 Å². The van der Waals surface area contributed by atoms with Crippen LogP contribution in [-0.4, -0.2) is 32.0 Å². The van der Waals surface area contributed by atoms with Crippen LogP contribution in [0.15, 0.2) is 59.3 Å². The molecule has 3 heterocycles. The molecule has 2 aromatic heterocycles. The Bertz CT molecular complexity index is 1200. The van der Waals surface area contributed by atoms with Crippen LogP contribution in [0.1, 0.15) is 6.42 Å². The third-order valence-electron chi connectivity index (χ3n) is 4.93. The molecule has 0 saturated carbocycles. The van der Waals surface area contributed by atoms with E-state index >= 15 is 0 Å². The summed E-state index contributed by atoms with van der Waals surface area (Å²) in [6.07, 6.45) is 4.81. The molecule has 0 atom stereocenters. The minimum atomic E-state index is 0.523. The number of benzene rings is 2. The van der Waals surface area contributed by atoms with Crippen LogP contribution in [0.25, 0.3) is 10.9 Å². The first-order valence-corrected chi connectivity index (χ1v) is 11.4. The molecule has 0 bridgehead atoms. The maximum absolute atomic E-state index is 4.69. The van der Waals surface area contributed by atoms with Gasteiger partial charge in [-0.25, -0.2) is 4.98 Å². The van der Waals surface area contributed by atoms with Crippen molar-refractivity contribution in [3.05, 3.63) is 59.3 Å². The molecule has 1 aliphatic rings. The molecular formula is C21H20BrN7S. The lowest BCUT2D eigenvalue weighted by atomic mass is 10.2. The van der Waals surface area contributed by atoms with E-state index in [4.69, 9.17) is 4.98 Å². The third-order valence-corrected chi connectivity index (χ3v) is 6.67. The van der Waals surface area contributed by atoms with Crippen LogP contribution in [0.3, 0.4) is 0 Å². The zero-order valence-electron chi connectivity index (χ0n) is 16.3. The highest BCUT2D eigenvalue weighted by Gasteiger charge is 2.17. The van der Waals surface area contributed by atoms with E-state index in [-0.39, 0.29) is 0 Å². The summed E-state index contributed by atoms with van der Waals surface area (Å²) in [7, 11) is 1.93. The number of aromatic nitrogens is 4. The Morgan fingerprint density at radius 1 is 1.10 bits per heavy atom. The quantitative estimate of drug-likeness (QED) is 0.366. The lowest BCUT2D eigenvalue weighted by Crippen LogP contribution is -2.11. The number of para-hydroxylation sites is 2. The minimum absolute atomic E-state index is 0.523. The van der Waals surface area contributed by atoms with Gasteiger partial charge in [0.15, 0.2) is 0 Å². The van der Waals surface area contributed by atoms with Gasteiger partial charge in [-0.1, -0.05) is 12.1 Å². The number of rotatable bonds is 5. The molecule has 9 heteroatoms. The lowest BCUT2D eigenvalue weighted by molar-refractivity contribution is 0.797. The molecule has 1 saturated heterocycles. The highest BCUT2D eigenvalue weighted by atomic mass is 79.9. The van der Waals surface area contributed by atoms with E-state index in [2.05, 4.69) is 59.2 Å². The Balaban J connectivity index is 1.42. The predicted molar refractivity (Wildman–Crippen MR) is 128 cm³/mol. The topological polar surface area (TPSA) is 70.9 Å². The van der Waals surface area contributed by atoms with Gasteiger partial charge in [-0.05, 0) is 64.6 Å². The number of nitrogens with zero attached hydrogens (tertiary/aromatic N) is 5. The molecule has 0 unspecified atom stereocenters. The largest absolute Gasteiger partial charge is 0.337 e. The van der Waals surface area contributed by atoms with Crippen molar-refractivity contribution in [2.75, 3.05) is 27.2 Å². The van der Waals surface area contributed by atoms with E-state index in [9.17, 15) is 0 Å². The number of fused-ring (bicyclic) bond motifs is 1. The van der Waals surface area contributed by atoms with Gasteiger partial charge in [-0.3, -0.25) is 4.68 Å². The van der Waals surface area contributed by atoms with Crippen molar-refractivity contribution in [3.8, 4) is 0 Å². The Kier molecular flexibility index (Phi) is 5.22. The standard InChI is InChI=1S/C21H20BrN7S/c1-28-19-11-15(8-7-14(19)12-24-28)25-21-23-13-16(22)20(27-21)26-17-5-2-3-6-18(17)29-9-4-10-30-29/h2-3,5-8,11-13H,4,9-10H2,1H3,(H2,23,25,26,27). The van der Waals surface area contributed by atoms with Gasteiger partial charge in [0.25, 0.3) is 0 Å². The smallest absolute Gasteiger partial charge is 0.229 e. The number of hydrogen-bond acceptors (Lipinski definition) is 7. The first-order chi connectivity index (χ1) is 14.7. The maximum atomic E-state index is 4.69. The van der Waals surface area contributed by atoms with Crippen molar-refractivity contribution >= 4 is 67.6 Å². The number of nitrogens with one attached hydrogen (secondary N) is 2. The Hall–Kier alpha value is -2.78. The van der Waals surface area contributed by atoms with Crippen molar-refractivity contribution in [3.63, 3.8) is 0 Å². The van der Waals surface area contributed by atoms with Gasteiger partial charge in [-0.15, -0.1) is 0 Å².